The Morgan fingerprint density at radius 3 is 2.57 bits per heavy atom. The van der Waals surface area contributed by atoms with Gasteiger partial charge in [0.15, 0.2) is 0 Å². The van der Waals surface area contributed by atoms with Gasteiger partial charge in [-0.3, -0.25) is 0 Å². The molecule has 0 radical (unpaired) electrons. The Hall–Kier alpha value is -1.58. The summed E-state index contributed by atoms with van der Waals surface area (Å²) in [5, 5.41) is 0.706. The van der Waals surface area contributed by atoms with Crippen LogP contribution in [-0.4, -0.2) is 15.4 Å². The third kappa shape index (κ3) is 3.04. The Morgan fingerprint density at radius 1 is 1.10 bits per heavy atom. The third-order valence-electron chi connectivity index (χ3n) is 3.36. The largest absolute Gasteiger partial charge is 0.323 e. The predicted octanol–water partition coefficient (Wildman–Crippen LogP) is 4.66. The summed E-state index contributed by atoms with van der Waals surface area (Å²) in [6.07, 6.45) is 0.644. The van der Waals surface area contributed by atoms with E-state index in [0.717, 1.165) is 16.9 Å². The van der Waals surface area contributed by atoms with Crippen LogP contribution in [0.25, 0.3) is 11.0 Å². The molecule has 108 valence electrons. The zero-order valence-electron chi connectivity index (χ0n) is 11.2. The van der Waals surface area contributed by atoms with Crippen molar-refractivity contribution in [3.05, 3.63) is 64.7 Å². The Kier molecular flexibility index (Phi) is 4.13. The molecule has 0 aliphatic heterocycles. The second-order valence-corrected chi connectivity index (χ2v) is 5.63. The molecule has 2 nitrogen and oxygen atoms in total. The Balaban J connectivity index is 2.06. The molecule has 1 aromatic heterocycles. The maximum absolute atomic E-state index is 13.3. The van der Waals surface area contributed by atoms with Gasteiger partial charge in [0, 0.05) is 29.9 Å². The van der Waals surface area contributed by atoms with Crippen LogP contribution in [0.15, 0.2) is 42.5 Å². The fourth-order valence-corrected chi connectivity index (χ4v) is 2.67. The van der Waals surface area contributed by atoms with Crippen molar-refractivity contribution < 1.29 is 4.39 Å². The number of aromatic nitrogens is 2. The maximum atomic E-state index is 13.3. The number of nitrogens with zero attached hydrogens (tertiary/aromatic N) is 2. The van der Waals surface area contributed by atoms with Crippen LogP contribution < -0.4 is 0 Å². The van der Waals surface area contributed by atoms with Crippen molar-refractivity contribution in [2.75, 3.05) is 5.88 Å². The molecule has 5 heteroatoms. The van der Waals surface area contributed by atoms with Crippen molar-refractivity contribution in [1.82, 2.24) is 9.55 Å². The van der Waals surface area contributed by atoms with Crippen LogP contribution in [0.4, 0.5) is 4.39 Å². The molecule has 0 fully saturated rings. The number of benzene rings is 2. The Morgan fingerprint density at radius 2 is 1.86 bits per heavy atom. The molecule has 0 spiro atoms. The van der Waals surface area contributed by atoms with Gasteiger partial charge in [-0.1, -0.05) is 23.7 Å². The molecule has 0 bridgehead atoms. The Labute approximate surface area is 132 Å². The van der Waals surface area contributed by atoms with E-state index in [9.17, 15) is 4.39 Å². The predicted molar refractivity (Wildman–Crippen MR) is 84.7 cm³/mol. The molecular formula is C16H13Cl2FN2. The van der Waals surface area contributed by atoms with Gasteiger partial charge in [0.25, 0.3) is 0 Å². The molecule has 0 unspecified atom stereocenters. The molecule has 3 rings (SSSR count). The smallest absolute Gasteiger partial charge is 0.125 e. The van der Waals surface area contributed by atoms with E-state index in [-0.39, 0.29) is 5.82 Å². The van der Waals surface area contributed by atoms with E-state index in [1.54, 1.807) is 6.07 Å². The van der Waals surface area contributed by atoms with Gasteiger partial charge in [0.2, 0.25) is 0 Å². The zero-order chi connectivity index (χ0) is 14.8. The number of fused-ring (bicyclic) bond motifs is 1. The first kappa shape index (κ1) is 14.4. The minimum absolute atomic E-state index is 0.281. The van der Waals surface area contributed by atoms with Gasteiger partial charge < -0.3 is 4.57 Å². The van der Waals surface area contributed by atoms with Crippen LogP contribution in [0.5, 0.6) is 0 Å². The van der Waals surface area contributed by atoms with Gasteiger partial charge >= 0.3 is 0 Å². The SMILES string of the molecule is Fc1ccc2c(c1)nc(CCCl)n2Cc1ccc(Cl)cc1. The molecule has 0 saturated heterocycles. The lowest BCUT2D eigenvalue weighted by Gasteiger charge is -2.09. The standard InChI is InChI=1S/C16H13Cl2FN2/c17-8-7-16-20-14-9-13(19)5-6-15(14)21(16)10-11-1-3-12(18)4-2-11/h1-6,9H,7-8,10H2. The van der Waals surface area contributed by atoms with Crippen molar-refractivity contribution in [3.63, 3.8) is 0 Å². The molecule has 0 N–H and O–H groups in total. The summed E-state index contributed by atoms with van der Waals surface area (Å²) >= 11 is 11.8. The monoisotopic (exact) mass is 322 g/mol. The van der Waals surface area contributed by atoms with E-state index < -0.39 is 0 Å². The van der Waals surface area contributed by atoms with Crippen molar-refractivity contribution in [3.8, 4) is 0 Å². The summed E-state index contributed by atoms with van der Waals surface area (Å²) in [5.74, 6) is 1.06. The summed E-state index contributed by atoms with van der Waals surface area (Å²) in [5.41, 5.74) is 2.68. The number of hydrogen-bond donors (Lipinski definition) is 0. The van der Waals surface area contributed by atoms with Crippen LogP contribution >= 0.6 is 23.2 Å². The second-order valence-electron chi connectivity index (χ2n) is 4.81. The van der Waals surface area contributed by atoms with E-state index in [1.807, 2.05) is 24.3 Å². The van der Waals surface area contributed by atoms with E-state index in [2.05, 4.69) is 9.55 Å². The highest BCUT2D eigenvalue weighted by atomic mass is 35.5. The van der Waals surface area contributed by atoms with Gasteiger partial charge in [-0.15, -0.1) is 11.6 Å². The highest BCUT2D eigenvalue weighted by Crippen LogP contribution is 2.20. The van der Waals surface area contributed by atoms with E-state index in [4.69, 9.17) is 23.2 Å². The van der Waals surface area contributed by atoms with Gasteiger partial charge in [0.05, 0.1) is 11.0 Å². The second kappa shape index (κ2) is 6.04. The van der Waals surface area contributed by atoms with Gasteiger partial charge in [-0.25, -0.2) is 9.37 Å². The first-order valence-corrected chi connectivity index (χ1v) is 7.53. The van der Waals surface area contributed by atoms with E-state index in [0.29, 0.717) is 29.4 Å². The van der Waals surface area contributed by atoms with Gasteiger partial charge in [-0.2, -0.15) is 0 Å². The van der Waals surface area contributed by atoms with Gasteiger partial charge in [-0.05, 0) is 29.8 Å². The van der Waals surface area contributed by atoms with E-state index >= 15 is 0 Å². The van der Waals surface area contributed by atoms with Crippen molar-refractivity contribution in [2.45, 2.75) is 13.0 Å². The minimum Gasteiger partial charge on any atom is -0.323 e. The molecule has 1 heterocycles. The molecule has 21 heavy (non-hydrogen) atoms. The average Bonchev–Trinajstić information content (AvgIpc) is 2.79. The third-order valence-corrected chi connectivity index (χ3v) is 3.80. The number of halogens is 3. The normalized spacial score (nSPS) is 11.2. The number of rotatable bonds is 4. The van der Waals surface area contributed by atoms with Crippen LogP contribution in [0.2, 0.25) is 5.02 Å². The van der Waals surface area contributed by atoms with Crippen LogP contribution in [-0.2, 0) is 13.0 Å². The minimum atomic E-state index is -0.281. The molecule has 2 aromatic carbocycles. The summed E-state index contributed by atoms with van der Waals surface area (Å²) in [6, 6.07) is 12.3. The summed E-state index contributed by atoms with van der Waals surface area (Å²) in [4.78, 5) is 4.49. The summed E-state index contributed by atoms with van der Waals surface area (Å²) < 4.78 is 15.4. The van der Waals surface area contributed by atoms with Crippen molar-refractivity contribution >= 4 is 34.2 Å². The molecule has 3 aromatic rings. The highest BCUT2D eigenvalue weighted by Gasteiger charge is 2.11. The lowest BCUT2D eigenvalue weighted by molar-refractivity contribution is 0.629. The molecule has 0 atom stereocenters. The first-order chi connectivity index (χ1) is 10.2. The molecule has 0 aliphatic rings. The number of aryl methyl sites for hydroxylation is 1. The van der Waals surface area contributed by atoms with Gasteiger partial charge in [0.1, 0.15) is 11.6 Å². The summed E-state index contributed by atoms with van der Waals surface area (Å²) in [6.45, 7) is 0.658. The molecule has 0 saturated carbocycles. The lowest BCUT2D eigenvalue weighted by Crippen LogP contribution is -2.05. The highest BCUT2D eigenvalue weighted by molar-refractivity contribution is 6.30. The number of imidazole rings is 1. The van der Waals surface area contributed by atoms with Crippen LogP contribution in [0.1, 0.15) is 11.4 Å². The average molecular weight is 323 g/mol. The first-order valence-electron chi connectivity index (χ1n) is 6.62. The zero-order valence-corrected chi connectivity index (χ0v) is 12.7. The van der Waals surface area contributed by atoms with Crippen LogP contribution in [0.3, 0.4) is 0 Å². The molecule has 0 amide bonds. The molecular weight excluding hydrogens is 310 g/mol. The van der Waals surface area contributed by atoms with Crippen molar-refractivity contribution in [2.24, 2.45) is 0 Å². The topological polar surface area (TPSA) is 17.8 Å². The van der Waals surface area contributed by atoms with E-state index in [1.165, 1.54) is 12.1 Å². The van der Waals surface area contributed by atoms with Crippen LogP contribution in [0, 0.1) is 5.82 Å². The number of alkyl halides is 1. The maximum Gasteiger partial charge on any atom is 0.125 e. The summed E-state index contributed by atoms with van der Waals surface area (Å²) in [7, 11) is 0. The lowest BCUT2D eigenvalue weighted by atomic mass is 10.2. The molecule has 0 aliphatic carbocycles. The van der Waals surface area contributed by atoms with Crippen molar-refractivity contribution in [1.29, 1.82) is 0 Å². The fourth-order valence-electron chi connectivity index (χ4n) is 2.38. The quantitative estimate of drug-likeness (QED) is 0.639. The Bertz CT molecular complexity index is 766. The fraction of sp³-hybridized carbons (Fsp3) is 0.188. The number of hydrogen-bond acceptors (Lipinski definition) is 1.